The molecule has 1 aromatic carbocycles. The largest absolute Gasteiger partial charge is 0.143 e. The van der Waals surface area contributed by atoms with Crippen LogP contribution in [0.4, 0.5) is 0 Å². The van der Waals surface area contributed by atoms with Gasteiger partial charge in [0.15, 0.2) is 0 Å². The van der Waals surface area contributed by atoms with Gasteiger partial charge in [0.05, 0.1) is 5.02 Å². The summed E-state index contributed by atoms with van der Waals surface area (Å²) in [6, 6.07) is 3.73. The molecule has 0 fully saturated rings. The third-order valence-electron chi connectivity index (χ3n) is 1.78. The number of aryl methyl sites for hydroxylation is 1. The average Bonchev–Trinajstić information content (AvgIpc) is 2.31. The van der Waals surface area contributed by atoms with Gasteiger partial charge >= 0.3 is 0 Å². The second-order valence-corrected chi connectivity index (χ2v) is 4.43. The summed E-state index contributed by atoms with van der Waals surface area (Å²) in [6.07, 6.45) is 0. The van der Waals surface area contributed by atoms with Crippen molar-refractivity contribution in [3.8, 4) is 0 Å². The molecule has 12 heavy (non-hydrogen) atoms. The fourth-order valence-corrected chi connectivity index (χ4v) is 3.01. The summed E-state index contributed by atoms with van der Waals surface area (Å²) in [5.41, 5.74) is 1.22. The second-order valence-electron chi connectivity index (χ2n) is 2.68. The van der Waals surface area contributed by atoms with Crippen LogP contribution in [-0.4, -0.2) is 0 Å². The van der Waals surface area contributed by atoms with Gasteiger partial charge in [0.1, 0.15) is 0 Å². The molecule has 2 aromatic rings. The highest BCUT2D eigenvalue weighted by Crippen LogP contribution is 2.34. The minimum absolute atomic E-state index is 0.703. The van der Waals surface area contributed by atoms with E-state index in [0.29, 0.717) is 5.02 Å². The standard InChI is InChI=1S/C9H6Cl2S/c1-5-4-12-8-3-6(10)2-7(11)9(5)8/h2-4H,1H3. The van der Waals surface area contributed by atoms with Crippen molar-refractivity contribution >= 4 is 44.6 Å². The summed E-state index contributed by atoms with van der Waals surface area (Å²) in [6.45, 7) is 2.05. The Morgan fingerprint density at radius 3 is 2.75 bits per heavy atom. The van der Waals surface area contributed by atoms with E-state index in [1.807, 2.05) is 6.07 Å². The SMILES string of the molecule is Cc1csc2cc(Cl)cc(Cl)c12. The topological polar surface area (TPSA) is 0 Å². The molecule has 3 heteroatoms. The van der Waals surface area contributed by atoms with E-state index >= 15 is 0 Å². The van der Waals surface area contributed by atoms with Gasteiger partial charge in [0.25, 0.3) is 0 Å². The summed E-state index contributed by atoms with van der Waals surface area (Å²) in [5.74, 6) is 0. The molecule has 0 aliphatic rings. The number of fused-ring (bicyclic) bond motifs is 1. The van der Waals surface area contributed by atoms with Gasteiger partial charge in [-0.2, -0.15) is 0 Å². The smallest absolute Gasteiger partial charge is 0.0510 e. The Morgan fingerprint density at radius 2 is 2.00 bits per heavy atom. The number of thiophene rings is 1. The average molecular weight is 217 g/mol. The summed E-state index contributed by atoms with van der Waals surface area (Å²) >= 11 is 13.6. The molecular formula is C9H6Cl2S. The molecule has 0 unspecified atom stereocenters. The predicted molar refractivity (Wildman–Crippen MR) is 56.6 cm³/mol. The summed E-state index contributed by atoms with van der Waals surface area (Å²) in [7, 11) is 0. The third-order valence-corrected chi connectivity index (χ3v) is 3.34. The fourth-order valence-electron chi connectivity index (χ4n) is 1.24. The Labute approximate surface area is 84.7 Å². The van der Waals surface area contributed by atoms with E-state index in [1.54, 1.807) is 17.4 Å². The van der Waals surface area contributed by atoms with Crippen LogP contribution in [0.25, 0.3) is 10.1 Å². The Hall–Kier alpha value is -0.240. The van der Waals surface area contributed by atoms with Crippen molar-refractivity contribution in [2.24, 2.45) is 0 Å². The molecule has 0 aliphatic heterocycles. The van der Waals surface area contributed by atoms with E-state index in [2.05, 4.69) is 12.3 Å². The van der Waals surface area contributed by atoms with Gasteiger partial charge in [-0.15, -0.1) is 11.3 Å². The number of rotatable bonds is 0. The van der Waals surface area contributed by atoms with Crippen LogP contribution in [0, 0.1) is 6.92 Å². The molecule has 0 spiro atoms. The van der Waals surface area contributed by atoms with Crippen molar-refractivity contribution in [1.29, 1.82) is 0 Å². The summed E-state index contributed by atoms with van der Waals surface area (Å²) in [4.78, 5) is 0. The van der Waals surface area contributed by atoms with Crippen LogP contribution in [0.5, 0.6) is 0 Å². The summed E-state index contributed by atoms with van der Waals surface area (Å²) < 4.78 is 1.16. The van der Waals surface area contributed by atoms with Crippen LogP contribution in [0.1, 0.15) is 5.56 Å². The van der Waals surface area contributed by atoms with Crippen molar-refractivity contribution in [2.45, 2.75) is 6.92 Å². The molecule has 1 aromatic heterocycles. The Bertz CT molecular complexity index is 431. The molecular weight excluding hydrogens is 211 g/mol. The lowest BCUT2D eigenvalue weighted by atomic mass is 10.2. The maximum atomic E-state index is 6.03. The molecule has 2 rings (SSSR count). The van der Waals surface area contributed by atoms with Crippen LogP contribution >= 0.6 is 34.5 Å². The quantitative estimate of drug-likeness (QED) is 0.608. The number of hydrogen-bond acceptors (Lipinski definition) is 1. The summed E-state index contributed by atoms with van der Waals surface area (Å²) in [5, 5.41) is 4.67. The van der Waals surface area contributed by atoms with E-state index in [-0.39, 0.29) is 0 Å². The lowest BCUT2D eigenvalue weighted by Crippen LogP contribution is -1.71. The van der Waals surface area contributed by atoms with E-state index in [9.17, 15) is 0 Å². The second kappa shape index (κ2) is 2.91. The van der Waals surface area contributed by atoms with Crippen molar-refractivity contribution in [3.05, 3.63) is 33.1 Å². The van der Waals surface area contributed by atoms with E-state index in [1.165, 1.54) is 5.56 Å². The molecule has 0 bridgehead atoms. The van der Waals surface area contributed by atoms with Crippen molar-refractivity contribution in [2.75, 3.05) is 0 Å². The van der Waals surface area contributed by atoms with Crippen molar-refractivity contribution in [1.82, 2.24) is 0 Å². The number of hydrogen-bond donors (Lipinski definition) is 0. The minimum Gasteiger partial charge on any atom is -0.143 e. The van der Waals surface area contributed by atoms with Gasteiger partial charge < -0.3 is 0 Å². The first-order valence-corrected chi connectivity index (χ1v) is 5.15. The molecule has 1 heterocycles. The molecule has 0 aliphatic carbocycles. The maximum Gasteiger partial charge on any atom is 0.0510 e. The zero-order valence-electron chi connectivity index (χ0n) is 6.40. The lowest BCUT2D eigenvalue weighted by Gasteiger charge is -1.96. The van der Waals surface area contributed by atoms with Gasteiger partial charge in [0, 0.05) is 15.1 Å². The normalized spacial score (nSPS) is 10.9. The molecule has 0 nitrogen and oxygen atoms in total. The van der Waals surface area contributed by atoms with Crippen LogP contribution in [0.15, 0.2) is 17.5 Å². The van der Waals surface area contributed by atoms with Crippen LogP contribution in [-0.2, 0) is 0 Å². The van der Waals surface area contributed by atoms with Gasteiger partial charge in [0.2, 0.25) is 0 Å². The first kappa shape index (κ1) is 8.36. The van der Waals surface area contributed by atoms with Gasteiger partial charge in [-0.25, -0.2) is 0 Å². The molecule has 0 saturated carbocycles. The van der Waals surface area contributed by atoms with E-state index in [4.69, 9.17) is 23.2 Å². The van der Waals surface area contributed by atoms with Crippen LogP contribution in [0.3, 0.4) is 0 Å². The van der Waals surface area contributed by atoms with E-state index in [0.717, 1.165) is 15.1 Å². The molecule has 62 valence electrons. The predicted octanol–water partition coefficient (Wildman–Crippen LogP) is 4.52. The third kappa shape index (κ3) is 1.22. The highest BCUT2D eigenvalue weighted by Gasteiger charge is 2.05. The van der Waals surface area contributed by atoms with Gasteiger partial charge in [-0.3, -0.25) is 0 Å². The zero-order valence-corrected chi connectivity index (χ0v) is 8.72. The first-order chi connectivity index (χ1) is 5.68. The Balaban J connectivity index is 2.93. The molecule has 0 amide bonds. The number of halogens is 2. The zero-order chi connectivity index (χ0) is 8.72. The fraction of sp³-hybridized carbons (Fsp3) is 0.111. The monoisotopic (exact) mass is 216 g/mol. The number of benzene rings is 1. The molecule has 0 radical (unpaired) electrons. The highest BCUT2D eigenvalue weighted by atomic mass is 35.5. The van der Waals surface area contributed by atoms with Gasteiger partial charge in [-0.1, -0.05) is 23.2 Å². The van der Waals surface area contributed by atoms with Crippen molar-refractivity contribution < 1.29 is 0 Å². The maximum absolute atomic E-state index is 6.03. The molecule has 0 atom stereocenters. The first-order valence-electron chi connectivity index (χ1n) is 3.51. The Morgan fingerprint density at radius 1 is 1.25 bits per heavy atom. The molecule has 0 N–H and O–H groups in total. The Kier molecular flexibility index (Phi) is 2.03. The molecule has 0 saturated heterocycles. The van der Waals surface area contributed by atoms with Gasteiger partial charge in [-0.05, 0) is 30.0 Å². The highest BCUT2D eigenvalue weighted by molar-refractivity contribution is 7.17. The van der Waals surface area contributed by atoms with Crippen LogP contribution < -0.4 is 0 Å². The van der Waals surface area contributed by atoms with Crippen molar-refractivity contribution in [3.63, 3.8) is 0 Å². The van der Waals surface area contributed by atoms with Crippen LogP contribution in [0.2, 0.25) is 10.0 Å². The minimum atomic E-state index is 0.703. The lowest BCUT2D eigenvalue weighted by molar-refractivity contribution is 1.60. The van der Waals surface area contributed by atoms with E-state index < -0.39 is 0 Å².